The van der Waals surface area contributed by atoms with Gasteiger partial charge in [0.15, 0.2) is 0 Å². The first-order chi connectivity index (χ1) is 8.16. The minimum Gasteiger partial charge on any atom is -0.478 e. The molecule has 0 saturated heterocycles. The second-order valence-corrected chi connectivity index (χ2v) is 5.59. The molecule has 84 valence electrons. The van der Waals surface area contributed by atoms with Crippen LogP contribution in [0, 0.1) is 0 Å². The molecule has 0 atom stereocenters. The monoisotopic (exact) mass is 306 g/mol. The predicted molar refractivity (Wildman–Crippen MR) is 74.0 cm³/mol. The molecule has 0 aliphatic heterocycles. The maximum Gasteiger partial charge on any atom is 0.337 e. The van der Waals surface area contributed by atoms with E-state index in [4.69, 9.17) is 0 Å². The van der Waals surface area contributed by atoms with Crippen molar-refractivity contribution in [3.05, 3.63) is 45.7 Å². The molecule has 0 spiro atoms. The van der Waals surface area contributed by atoms with Gasteiger partial charge in [-0.25, -0.2) is 4.79 Å². The summed E-state index contributed by atoms with van der Waals surface area (Å²) < 4.78 is 1.84. The van der Waals surface area contributed by atoms with E-state index in [-0.39, 0.29) is 0 Å². The summed E-state index contributed by atoms with van der Waals surface area (Å²) in [5.74, 6) is -0.873. The molecule has 1 aromatic heterocycles. The number of carboxylic acids is 1. The number of rotatable bonds is 1. The van der Waals surface area contributed by atoms with Gasteiger partial charge in [-0.15, -0.1) is 11.3 Å². The van der Waals surface area contributed by atoms with Gasteiger partial charge in [0.25, 0.3) is 0 Å². The van der Waals surface area contributed by atoms with Gasteiger partial charge in [0, 0.05) is 14.6 Å². The normalized spacial score (nSPS) is 11.1. The third-order valence-electron chi connectivity index (χ3n) is 2.75. The molecule has 3 rings (SSSR count). The van der Waals surface area contributed by atoms with E-state index in [2.05, 4.69) is 15.9 Å². The Morgan fingerprint density at radius 1 is 1.18 bits per heavy atom. The van der Waals surface area contributed by atoms with E-state index in [1.807, 2.05) is 29.6 Å². The number of hydrogen-bond acceptors (Lipinski definition) is 2. The summed E-state index contributed by atoms with van der Waals surface area (Å²) in [6, 6.07) is 9.59. The fourth-order valence-corrected chi connectivity index (χ4v) is 3.28. The number of carbonyl (C=O) groups is 1. The van der Waals surface area contributed by atoms with E-state index in [1.165, 1.54) is 11.3 Å². The first-order valence-electron chi connectivity index (χ1n) is 4.99. The zero-order valence-corrected chi connectivity index (χ0v) is 11.0. The molecule has 17 heavy (non-hydrogen) atoms. The lowest BCUT2D eigenvalue weighted by molar-refractivity contribution is 0.0699. The van der Waals surface area contributed by atoms with E-state index in [9.17, 15) is 9.90 Å². The number of aromatic carboxylic acids is 1. The third-order valence-corrected chi connectivity index (χ3v) is 4.19. The fraction of sp³-hybridized carbons (Fsp3) is 0. The molecular formula is C13H7BrO2S. The van der Waals surface area contributed by atoms with Crippen molar-refractivity contribution >= 4 is 54.1 Å². The lowest BCUT2D eigenvalue weighted by Crippen LogP contribution is -1.96. The number of benzene rings is 2. The molecule has 2 aromatic carbocycles. The molecule has 0 fully saturated rings. The molecule has 0 aliphatic carbocycles. The molecule has 4 heteroatoms. The average Bonchev–Trinajstić information content (AvgIpc) is 2.76. The molecule has 0 aliphatic rings. The van der Waals surface area contributed by atoms with Gasteiger partial charge in [0.2, 0.25) is 0 Å². The molecule has 0 unspecified atom stereocenters. The standard InChI is InChI=1S/C13H7BrO2S/c14-8-2-1-7-5-11(13(15)16)12-9(3-4-17-12)10(7)6-8/h1-6H,(H,15,16). The maximum atomic E-state index is 11.2. The second-order valence-electron chi connectivity index (χ2n) is 3.76. The van der Waals surface area contributed by atoms with Crippen LogP contribution in [0.1, 0.15) is 10.4 Å². The summed E-state index contributed by atoms with van der Waals surface area (Å²) >= 11 is 4.91. The van der Waals surface area contributed by atoms with Crippen molar-refractivity contribution in [2.75, 3.05) is 0 Å². The van der Waals surface area contributed by atoms with Crippen LogP contribution >= 0.6 is 27.3 Å². The highest BCUT2D eigenvalue weighted by Crippen LogP contribution is 2.33. The van der Waals surface area contributed by atoms with E-state index in [0.717, 1.165) is 25.3 Å². The summed E-state index contributed by atoms with van der Waals surface area (Å²) in [4.78, 5) is 11.2. The Morgan fingerprint density at radius 2 is 2.00 bits per heavy atom. The zero-order valence-electron chi connectivity index (χ0n) is 8.61. The minimum absolute atomic E-state index is 0.379. The third kappa shape index (κ3) is 1.64. The van der Waals surface area contributed by atoms with Crippen molar-refractivity contribution in [2.24, 2.45) is 0 Å². The fourth-order valence-electron chi connectivity index (χ4n) is 2.00. The van der Waals surface area contributed by atoms with Gasteiger partial charge in [-0.05, 0) is 40.4 Å². The van der Waals surface area contributed by atoms with Crippen LogP contribution in [0.5, 0.6) is 0 Å². The Labute approximate surface area is 110 Å². The summed E-state index contributed by atoms with van der Waals surface area (Å²) in [5, 5.41) is 14.2. The molecule has 2 nitrogen and oxygen atoms in total. The van der Waals surface area contributed by atoms with E-state index in [0.29, 0.717) is 5.56 Å². The van der Waals surface area contributed by atoms with Crippen LogP contribution in [0.2, 0.25) is 0 Å². The quantitative estimate of drug-likeness (QED) is 0.718. The van der Waals surface area contributed by atoms with Crippen molar-refractivity contribution in [1.29, 1.82) is 0 Å². The number of fused-ring (bicyclic) bond motifs is 3. The highest BCUT2D eigenvalue weighted by Gasteiger charge is 2.13. The van der Waals surface area contributed by atoms with Gasteiger partial charge < -0.3 is 5.11 Å². The smallest absolute Gasteiger partial charge is 0.337 e. The highest BCUT2D eigenvalue weighted by atomic mass is 79.9. The van der Waals surface area contributed by atoms with Crippen LogP contribution in [0.3, 0.4) is 0 Å². The Hall–Kier alpha value is -1.39. The van der Waals surface area contributed by atoms with Crippen LogP contribution in [-0.4, -0.2) is 11.1 Å². The highest BCUT2D eigenvalue weighted by molar-refractivity contribution is 9.10. The molecular weight excluding hydrogens is 300 g/mol. The molecule has 0 bridgehead atoms. The van der Waals surface area contributed by atoms with E-state index < -0.39 is 5.97 Å². The summed E-state index contributed by atoms with van der Waals surface area (Å²) in [5.41, 5.74) is 0.379. The van der Waals surface area contributed by atoms with Gasteiger partial charge in [-0.1, -0.05) is 22.0 Å². The SMILES string of the molecule is O=C(O)c1cc2ccc(Br)cc2c2ccsc12. The van der Waals surface area contributed by atoms with Gasteiger partial charge in [-0.2, -0.15) is 0 Å². The summed E-state index contributed by atoms with van der Waals surface area (Å²) in [6.45, 7) is 0. The van der Waals surface area contributed by atoms with Crippen molar-refractivity contribution < 1.29 is 9.90 Å². The first kappa shape index (κ1) is 10.7. The lowest BCUT2D eigenvalue weighted by Gasteiger charge is -2.04. The van der Waals surface area contributed by atoms with E-state index >= 15 is 0 Å². The van der Waals surface area contributed by atoms with Crippen molar-refractivity contribution in [3.8, 4) is 0 Å². The van der Waals surface area contributed by atoms with Gasteiger partial charge in [-0.3, -0.25) is 0 Å². The predicted octanol–water partition coefficient (Wildman–Crippen LogP) is 4.52. The van der Waals surface area contributed by atoms with Gasteiger partial charge in [0.1, 0.15) is 0 Å². The molecule has 1 N–H and O–H groups in total. The van der Waals surface area contributed by atoms with Crippen LogP contribution in [-0.2, 0) is 0 Å². The molecule has 3 aromatic rings. The van der Waals surface area contributed by atoms with Crippen LogP contribution in [0.4, 0.5) is 0 Å². The van der Waals surface area contributed by atoms with Crippen LogP contribution in [0.15, 0.2) is 40.2 Å². The summed E-state index contributed by atoms with van der Waals surface area (Å²) in [7, 11) is 0. The molecule has 1 heterocycles. The largest absolute Gasteiger partial charge is 0.478 e. The zero-order chi connectivity index (χ0) is 12.0. The average molecular weight is 307 g/mol. The lowest BCUT2D eigenvalue weighted by atomic mass is 10.0. The topological polar surface area (TPSA) is 37.3 Å². The summed E-state index contributed by atoms with van der Waals surface area (Å²) in [6.07, 6.45) is 0. The maximum absolute atomic E-state index is 11.2. The van der Waals surface area contributed by atoms with Crippen LogP contribution < -0.4 is 0 Å². The first-order valence-corrected chi connectivity index (χ1v) is 6.67. The Balaban J connectivity index is 2.55. The van der Waals surface area contributed by atoms with Crippen molar-refractivity contribution in [2.45, 2.75) is 0 Å². The van der Waals surface area contributed by atoms with E-state index in [1.54, 1.807) is 6.07 Å². The van der Waals surface area contributed by atoms with Crippen LogP contribution in [0.25, 0.3) is 20.9 Å². The molecule has 0 amide bonds. The Kier molecular flexibility index (Phi) is 2.42. The number of thiophene rings is 1. The number of halogens is 1. The molecule has 0 radical (unpaired) electrons. The van der Waals surface area contributed by atoms with Crippen molar-refractivity contribution in [3.63, 3.8) is 0 Å². The minimum atomic E-state index is -0.873. The van der Waals surface area contributed by atoms with Gasteiger partial charge >= 0.3 is 5.97 Å². The molecule has 0 saturated carbocycles. The number of carboxylic acid groups (broad SMARTS) is 1. The second kappa shape index (κ2) is 3.82. The van der Waals surface area contributed by atoms with Crippen molar-refractivity contribution in [1.82, 2.24) is 0 Å². The van der Waals surface area contributed by atoms with Gasteiger partial charge in [0.05, 0.1) is 5.56 Å². The Morgan fingerprint density at radius 3 is 2.76 bits per heavy atom. The number of hydrogen-bond donors (Lipinski definition) is 1. The Bertz CT molecular complexity index is 746.